The van der Waals surface area contributed by atoms with Gasteiger partial charge in [-0.1, -0.05) is 68.4 Å². The fourth-order valence-electron chi connectivity index (χ4n) is 19.8. The number of halogens is 6. The molecule has 0 atom stereocenters. The van der Waals surface area contributed by atoms with Crippen molar-refractivity contribution in [1.29, 1.82) is 0 Å². The van der Waals surface area contributed by atoms with Crippen molar-refractivity contribution in [3.05, 3.63) is 373 Å². The lowest BCUT2D eigenvalue weighted by Crippen LogP contribution is -2.18. The summed E-state index contributed by atoms with van der Waals surface area (Å²) in [7, 11) is 0. The van der Waals surface area contributed by atoms with E-state index in [1.54, 1.807) is 72.1 Å². The number of aryl methyl sites for hydroxylation is 13. The number of nitrogens with zero attached hydrogens (tertiary/aromatic N) is 7. The highest BCUT2D eigenvalue weighted by Gasteiger charge is 2.31. The molecular weight excluding hydrogens is 1990 g/mol. The van der Waals surface area contributed by atoms with Crippen LogP contribution in [0, 0.1) is 89.3 Å². The second-order valence-corrected chi connectivity index (χ2v) is 44.9. The Bertz CT molecular complexity index is 7290. The third-order valence-electron chi connectivity index (χ3n) is 26.7. The van der Waals surface area contributed by atoms with Crippen LogP contribution in [-0.4, -0.2) is 70.3 Å². The van der Waals surface area contributed by atoms with Gasteiger partial charge in [-0.25, -0.2) is 56.2 Å². The summed E-state index contributed by atoms with van der Waals surface area (Å²) < 4.78 is 82.2. The first kappa shape index (κ1) is 104. The van der Waals surface area contributed by atoms with E-state index in [1.807, 2.05) is 156 Å². The second-order valence-electron chi connectivity index (χ2n) is 37.1. The largest absolute Gasteiger partial charge is 0.310 e. The zero-order chi connectivity index (χ0) is 104. The smallest absolute Gasteiger partial charge is 0.262 e. The minimum Gasteiger partial charge on any atom is -0.310 e. The van der Waals surface area contributed by atoms with E-state index in [0.29, 0.717) is 28.8 Å². The van der Waals surface area contributed by atoms with Crippen LogP contribution in [0.25, 0.3) is 66.9 Å². The molecule has 23 rings (SSSR count). The Morgan fingerprint density at radius 1 is 0.250 bits per heavy atom. The number of rotatable bonds is 18. The lowest BCUT2D eigenvalue weighted by Gasteiger charge is -2.08. The zero-order valence-electron chi connectivity index (χ0n) is 82.8. The number of hydrogen-bond acceptors (Lipinski definition) is 19. The molecule has 12 heterocycles. The van der Waals surface area contributed by atoms with Gasteiger partial charge >= 0.3 is 0 Å². The van der Waals surface area contributed by atoms with Crippen LogP contribution in [0.15, 0.2) is 213 Å². The Balaban J connectivity index is 0.000000116. The molecule has 12 aromatic heterocycles. The summed E-state index contributed by atoms with van der Waals surface area (Å²) in [6.07, 6.45) is 33.2. The number of benzene rings is 5. The van der Waals surface area contributed by atoms with Crippen molar-refractivity contribution in [2.45, 2.75) is 178 Å². The molecule has 6 amide bonds. The summed E-state index contributed by atoms with van der Waals surface area (Å²) >= 11 is 11.2. The van der Waals surface area contributed by atoms with E-state index in [9.17, 15) is 55.1 Å². The second kappa shape index (κ2) is 46.3. The van der Waals surface area contributed by atoms with Crippen molar-refractivity contribution in [3.8, 4) is 66.9 Å². The van der Waals surface area contributed by atoms with Gasteiger partial charge in [-0.2, -0.15) is 0 Å². The molecule has 0 aliphatic heterocycles. The molecule has 0 bridgehead atoms. The van der Waals surface area contributed by atoms with Crippen molar-refractivity contribution in [3.63, 3.8) is 0 Å². The Morgan fingerprint density at radius 3 is 0.777 bits per heavy atom. The van der Waals surface area contributed by atoms with Crippen LogP contribution in [-0.2, 0) is 81.8 Å². The van der Waals surface area contributed by atoms with Crippen LogP contribution < -0.4 is 31.9 Å². The van der Waals surface area contributed by atoms with Crippen LogP contribution in [0.3, 0.4) is 0 Å². The summed E-state index contributed by atoms with van der Waals surface area (Å²) in [6.45, 7) is 18.5. The van der Waals surface area contributed by atoms with Gasteiger partial charge in [-0.15, -0.1) is 68.0 Å². The number of carbonyl (C=O) groups excluding carboxylic acids is 6. The van der Waals surface area contributed by atoms with Crippen molar-refractivity contribution in [2.75, 3.05) is 31.9 Å². The molecule has 0 radical (unpaired) electrons. The van der Waals surface area contributed by atoms with E-state index in [2.05, 4.69) is 120 Å². The molecule has 0 fully saturated rings. The molecule has 6 aliphatic rings. The van der Waals surface area contributed by atoms with E-state index >= 15 is 0 Å². The molecule has 752 valence electrons. The van der Waals surface area contributed by atoms with Gasteiger partial charge in [0.15, 0.2) is 5.82 Å². The number of thiophene rings is 6. The van der Waals surface area contributed by atoms with Gasteiger partial charge in [0.05, 0.1) is 29.2 Å². The van der Waals surface area contributed by atoms with Crippen molar-refractivity contribution < 1.29 is 55.1 Å². The van der Waals surface area contributed by atoms with Gasteiger partial charge in [0.25, 0.3) is 29.5 Å². The predicted molar refractivity (Wildman–Crippen MR) is 584 cm³/mol. The minimum absolute atomic E-state index is 0.00264. The first-order valence-electron chi connectivity index (χ1n) is 49.2. The lowest BCUT2D eigenvalue weighted by atomic mass is 10.0. The number of aromatic nitrogens is 7. The maximum Gasteiger partial charge on any atom is 0.262 e. The van der Waals surface area contributed by atoms with Gasteiger partial charge in [-0.3, -0.25) is 33.8 Å². The van der Waals surface area contributed by atoms with E-state index < -0.39 is 69.7 Å². The van der Waals surface area contributed by atoms with Crippen molar-refractivity contribution in [2.24, 2.45) is 5.92 Å². The molecule has 5 aromatic carbocycles. The van der Waals surface area contributed by atoms with Crippen LogP contribution >= 0.6 is 68.0 Å². The molecule has 0 saturated heterocycles. The summed E-state index contributed by atoms with van der Waals surface area (Å²) in [5.41, 5.74) is 22.9. The molecule has 6 N–H and O–H groups in total. The standard InChI is InChI=1S/C21H20N2OS.2C20H16F2N2OS.C20H17FN2OS.C19H16FN3OS.C17H20N2OS/c1-13-6-3-4-7-16(13)21(24)23-19-11-10-15(12-22-19)20-14(2)25-18-9-5-8-17(18)20;2*1-11-18(13-4-2-7-16(13)26-11)12-8-9-17(23-10-12)24-20(25)19-14(21)5-3-6-15(19)22;1-12-19(15-6-4-8-17(15)25-12)13-9-10-18(22-11-13)23-20(24)14-5-2-3-7-16(14)21;1-11-18(13-6-4-8-16(13)25-11)15-9-22-17(10-21-15)23-19(24)12-5-2-3-7-14(12)20;1-10(2)17(20)19-15-8-7-12(9-18-15)16-11(3)21-14-6-4-5-13(14)16/h3-4,6-7,10-12H,5,8-9H2,1-2H3,(H,22,23,24);2*3,5-6,8-10H,2,4,7H2,1H3,(H,23,24,25);2-3,5,7,9-11H,4,6,8H2,1H3,(H,22,23,24);2-3,5,7,9-10H,4,6,8H2,1H3,(H,22,23,24);7-10H,4-6H2,1-3H3,(H,18,19,20). The maximum absolute atomic E-state index is 13.7. The first-order chi connectivity index (χ1) is 71.5. The summed E-state index contributed by atoms with van der Waals surface area (Å²) in [4.78, 5) is 120. The number of pyridine rings is 5. The summed E-state index contributed by atoms with van der Waals surface area (Å²) in [6, 6.07) is 44.7. The van der Waals surface area contributed by atoms with Gasteiger partial charge in [0.2, 0.25) is 5.91 Å². The van der Waals surface area contributed by atoms with E-state index in [-0.39, 0.29) is 40.5 Å². The molecule has 0 spiro atoms. The molecule has 0 unspecified atom stereocenters. The fourth-order valence-corrected chi connectivity index (χ4v) is 27.5. The van der Waals surface area contributed by atoms with E-state index in [0.717, 1.165) is 108 Å². The Kier molecular flexibility index (Phi) is 32.4. The highest BCUT2D eigenvalue weighted by molar-refractivity contribution is 7.14. The Morgan fingerprint density at radius 2 is 0.500 bits per heavy atom. The van der Waals surface area contributed by atoms with E-state index in [1.165, 1.54) is 234 Å². The molecular formula is C117H105F6N13O6S6. The Labute approximate surface area is 877 Å². The van der Waals surface area contributed by atoms with Crippen molar-refractivity contribution >= 4 is 138 Å². The highest BCUT2D eigenvalue weighted by Crippen LogP contribution is 2.48. The third-order valence-corrected chi connectivity index (χ3v) is 34.0. The zero-order valence-corrected chi connectivity index (χ0v) is 87.7. The monoisotopic (exact) mass is 2090 g/mol. The number of anilines is 6. The summed E-state index contributed by atoms with van der Waals surface area (Å²) in [5, 5.41) is 15.9. The number of carbonyl (C=O) groups is 6. The van der Waals surface area contributed by atoms with E-state index in [4.69, 9.17) is 0 Å². The molecule has 0 saturated carbocycles. The third kappa shape index (κ3) is 23.2. The van der Waals surface area contributed by atoms with Gasteiger partial charge in [0.1, 0.15) is 75.1 Å². The topological polar surface area (TPSA) is 265 Å². The van der Waals surface area contributed by atoms with Gasteiger partial charge in [-0.05, 0) is 318 Å². The number of hydrogen-bond donors (Lipinski definition) is 6. The van der Waals surface area contributed by atoms with Gasteiger partial charge < -0.3 is 31.9 Å². The molecule has 19 nitrogen and oxygen atoms in total. The molecule has 6 aliphatic carbocycles. The number of nitrogens with one attached hydrogen (secondary N) is 6. The van der Waals surface area contributed by atoms with Crippen LogP contribution in [0.1, 0.15) is 202 Å². The predicted octanol–water partition coefficient (Wildman–Crippen LogP) is 29.0. The fraction of sp³-hybridized carbons (Fsp3) is 0.239. The normalized spacial score (nSPS) is 13.0. The van der Waals surface area contributed by atoms with Crippen LogP contribution in [0.4, 0.5) is 61.2 Å². The Hall–Kier alpha value is -14.5. The number of amides is 6. The van der Waals surface area contributed by atoms with Gasteiger partial charge in [0, 0.05) is 162 Å². The maximum atomic E-state index is 13.7. The minimum atomic E-state index is -0.899. The highest BCUT2D eigenvalue weighted by atomic mass is 32.1. The average molecular weight is 2100 g/mol. The quantitative estimate of drug-likeness (QED) is 0.0437. The summed E-state index contributed by atoms with van der Waals surface area (Å²) in [5.74, 6) is -5.14. The molecule has 148 heavy (non-hydrogen) atoms. The first-order valence-corrected chi connectivity index (χ1v) is 54.1. The van der Waals surface area contributed by atoms with Crippen molar-refractivity contribution in [1.82, 2.24) is 34.9 Å². The van der Waals surface area contributed by atoms with Crippen LogP contribution in [0.2, 0.25) is 0 Å². The number of fused-ring (bicyclic) bond motifs is 6. The van der Waals surface area contributed by atoms with Crippen LogP contribution in [0.5, 0.6) is 0 Å². The average Bonchev–Trinajstić information content (AvgIpc) is 1.67. The lowest BCUT2D eigenvalue weighted by molar-refractivity contribution is -0.118. The molecule has 17 aromatic rings. The SMILES string of the molecule is Cc1ccccc1C(=O)Nc1ccc(-c2c(C)sc3c2CCC3)cn1.Cc1sc2c(c1-c1ccc(NC(=O)C(C)C)nc1)CCC2.Cc1sc2c(c1-c1ccc(NC(=O)c3c(F)cccc3F)nc1)CCC2.Cc1sc2c(c1-c1ccc(NC(=O)c3c(F)cccc3F)nc1)CCC2.Cc1sc2c(c1-c1ccc(NC(=O)c3ccccc3F)nc1)CCC2.Cc1sc2c(c1-c1cnc(NC(=O)c3ccccc3F)cn1)CCC2. The molecule has 31 heteroatoms.